The maximum absolute atomic E-state index is 15.0. The summed E-state index contributed by atoms with van der Waals surface area (Å²) in [6.07, 6.45) is 2.22. The van der Waals surface area contributed by atoms with Crippen molar-refractivity contribution in [1.29, 1.82) is 0 Å². The van der Waals surface area contributed by atoms with E-state index in [1.807, 2.05) is 0 Å². The Morgan fingerprint density at radius 3 is 2.97 bits per heavy atom. The number of aliphatic hydroxyl groups excluding tert-OH is 1. The van der Waals surface area contributed by atoms with Gasteiger partial charge in [-0.2, -0.15) is 0 Å². The number of anilines is 1. The number of carbonyl (C=O) groups excluding carboxylic acids is 2. The number of nitrogens with one attached hydrogen (secondary N) is 1. The lowest BCUT2D eigenvalue weighted by atomic mass is 10.1. The topological polar surface area (TPSA) is 110 Å². The lowest BCUT2D eigenvalue weighted by Gasteiger charge is -2.22. The molecule has 34 heavy (non-hydrogen) atoms. The fraction of sp³-hybridized carbons (Fsp3) is 0.458. The lowest BCUT2D eigenvalue weighted by Crippen LogP contribution is -2.37. The molecule has 2 N–H and O–H groups in total. The second kappa shape index (κ2) is 8.75. The summed E-state index contributed by atoms with van der Waals surface area (Å²) >= 11 is 0. The molecule has 0 aliphatic carbocycles. The number of fused-ring (bicyclic) bond motifs is 3. The molecule has 3 aliphatic rings. The molecule has 0 unspecified atom stereocenters. The van der Waals surface area contributed by atoms with Crippen LogP contribution in [0, 0.1) is 12.7 Å². The number of hydrogen-bond acceptors (Lipinski definition) is 7. The van der Waals surface area contributed by atoms with E-state index in [9.17, 15) is 19.1 Å². The molecular formula is C24H26FN3O6. The Bertz CT molecular complexity index is 1160. The van der Waals surface area contributed by atoms with Crippen molar-refractivity contribution >= 4 is 17.5 Å². The maximum Gasteiger partial charge on any atom is 0.262 e. The number of rotatable bonds is 5. The van der Waals surface area contributed by atoms with Gasteiger partial charge >= 0.3 is 0 Å². The molecular weight excluding hydrogens is 445 g/mol. The van der Waals surface area contributed by atoms with Gasteiger partial charge in [0.25, 0.3) is 5.91 Å². The van der Waals surface area contributed by atoms with Crippen LogP contribution in [-0.2, 0) is 11.2 Å². The van der Waals surface area contributed by atoms with Crippen LogP contribution in [0.3, 0.4) is 0 Å². The summed E-state index contributed by atoms with van der Waals surface area (Å²) in [7, 11) is 0. The third kappa shape index (κ3) is 4.02. The van der Waals surface area contributed by atoms with Crippen molar-refractivity contribution in [2.24, 2.45) is 0 Å². The van der Waals surface area contributed by atoms with Gasteiger partial charge in [0.05, 0.1) is 24.9 Å². The van der Waals surface area contributed by atoms with E-state index in [0.29, 0.717) is 36.4 Å². The van der Waals surface area contributed by atoms with Crippen molar-refractivity contribution in [2.75, 3.05) is 25.1 Å². The summed E-state index contributed by atoms with van der Waals surface area (Å²) in [5, 5.41) is 12.2. The SMILES string of the molecule is Cc1cc2c(c(O[C@@H](C)CO)c1F)C(=O)N1C[C@@H](Oc3cc4c(cn3)CCC(=O)N4)C[C@@H]1CO2. The Labute approximate surface area is 195 Å². The first kappa shape index (κ1) is 22.4. The molecule has 180 valence electrons. The predicted molar refractivity (Wildman–Crippen MR) is 119 cm³/mol. The van der Waals surface area contributed by atoms with E-state index < -0.39 is 17.8 Å². The van der Waals surface area contributed by atoms with Crippen LogP contribution in [0.15, 0.2) is 18.3 Å². The van der Waals surface area contributed by atoms with Gasteiger partial charge in [0.2, 0.25) is 11.8 Å². The van der Waals surface area contributed by atoms with Crippen molar-refractivity contribution < 1.29 is 33.3 Å². The summed E-state index contributed by atoms with van der Waals surface area (Å²) in [6.45, 7) is 3.33. The number of aryl methyl sites for hydroxylation is 2. The molecule has 4 heterocycles. The number of pyridine rings is 1. The van der Waals surface area contributed by atoms with Gasteiger partial charge in [0.1, 0.15) is 30.1 Å². The highest BCUT2D eigenvalue weighted by Crippen LogP contribution is 2.40. The van der Waals surface area contributed by atoms with Crippen LogP contribution < -0.4 is 19.5 Å². The molecule has 2 aromatic rings. The lowest BCUT2D eigenvalue weighted by molar-refractivity contribution is -0.116. The van der Waals surface area contributed by atoms with Gasteiger partial charge < -0.3 is 29.5 Å². The molecule has 10 heteroatoms. The molecule has 5 rings (SSSR count). The molecule has 0 saturated carbocycles. The van der Waals surface area contributed by atoms with Crippen molar-refractivity contribution in [3.8, 4) is 17.4 Å². The summed E-state index contributed by atoms with van der Waals surface area (Å²) in [4.78, 5) is 31.2. The van der Waals surface area contributed by atoms with E-state index in [1.165, 1.54) is 6.07 Å². The Morgan fingerprint density at radius 2 is 2.18 bits per heavy atom. The van der Waals surface area contributed by atoms with E-state index >= 15 is 0 Å². The Morgan fingerprint density at radius 1 is 1.35 bits per heavy atom. The summed E-state index contributed by atoms with van der Waals surface area (Å²) in [5.41, 5.74) is 1.95. The van der Waals surface area contributed by atoms with Crippen molar-refractivity contribution in [3.63, 3.8) is 0 Å². The molecule has 9 nitrogen and oxygen atoms in total. The van der Waals surface area contributed by atoms with Crippen LogP contribution in [0.25, 0.3) is 0 Å². The zero-order valence-corrected chi connectivity index (χ0v) is 19.0. The van der Waals surface area contributed by atoms with Crippen LogP contribution in [0.5, 0.6) is 17.4 Å². The summed E-state index contributed by atoms with van der Waals surface area (Å²) in [6, 6.07) is 2.93. The van der Waals surface area contributed by atoms with Crippen LogP contribution >= 0.6 is 0 Å². The smallest absolute Gasteiger partial charge is 0.262 e. The van der Waals surface area contributed by atoms with E-state index in [2.05, 4.69) is 10.3 Å². The number of hydrogen-bond donors (Lipinski definition) is 2. The number of aliphatic hydroxyl groups is 1. The Balaban J connectivity index is 1.38. The van der Waals surface area contributed by atoms with Gasteiger partial charge in [0.15, 0.2) is 11.6 Å². The van der Waals surface area contributed by atoms with E-state index in [4.69, 9.17) is 14.2 Å². The molecule has 3 atom stereocenters. The summed E-state index contributed by atoms with van der Waals surface area (Å²) in [5.74, 6) is -0.687. The molecule has 1 saturated heterocycles. The minimum atomic E-state index is -0.697. The van der Waals surface area contributed by atoms with Crippen molar-refractivity contribution in [2.45, 2.75) is 51.4 Å². The highest BCUT2D eigenvalue weighted by atomic mass is 19.1. The molecule has 1 aromatic carbocycles. The molecule has 0 bridgehead atoms. The minimum Gasteiger partial charge on any atom is -0.490 e. The van der Waals surface area contributed by atoms with Gasteiger partial charge in [-0.05, 0) is 37.5 Å². The minimum absolute atomic E-state index is 0.0150. The largest absolute Gasteiger partial charge is 0.490 e. The Kier molecular flexibility index (Phi) is 5.76. The van der Waals surface area contributed by atoms with Crippen molar-refractivity contribution in [3.05, 3.63) is 40.8 Å². The Hall–Kier alpha value is -3.40. The quantitative estimate of drug-likeness (QED) is 0.688. The highest BCUT2D eigenvalue weighted by molar-refractivity contribution is 6.00. The van der Waals surface area contributed by atoms with Gasteiger partial charge in [-0.1, -0.05) is 0 Å². The van der Waals surface area contributed by atoms with Gasteiger partial charge in [0, 0.05) is 25.1 Å². The van der Waals surface area contributed by atoms with Gasteiger partial charge in [-0.25, -0.2) is 9.37 Å². The summed E-state index contributed by atoms with van der Waals surface area (Å²) < 4.78 is 32.5. The molecule has 3 aliphatic heterocycles. The number of benzene rings is 1. The molecule has 1 aromatic heterocycles. The number of amides is 2. The molecule has 1 fully saturated rings. The average molecular weight is 471 g/mol. The van der Waals surface area contributed by atoms with Crippen LogP contribution in [0.1, 0.15) is 41.3 Å². The first-order valence-electron chi connectivity index (χ1n) is 11.3. The predicted octanol–water partition coefficient (Wildman–Crippen LogP) is 2.23. The zero-order valence-electron chi connectivity index (χ0n) is 19.0. The van der Waals surface area contributed by atoms with Gasteiger partial charge in [-0.15, -0.1) is 0 Å². The van der Waals surface area contributed by atoms with Crippen LogP contribution in [0.4, 0.5) is 10.1 Å². The normalized spacial score (nSPS) is 22.1. The van der Waals surface area contributed by atoms with Crippen LogP contribution in [0.2, 0.25) is 0 Å². The highest BCUT2D eigenvalue weighted by Gasteiger charge is 2.42. The van der Waals surface area contributed by atoms with Gasteiger partial charge in [-0.3, -0.25) is 9.59 Å². The maximum atomic E-state index is 15.0. The first-order chi connectivity index (χ1) is 16.3. The third-order valence-electron chi connectivity index (χ3n) is 6.37. The number of ether oxygens (including phenoxy) is 3. The molecule has 0 radical (unpaired) electrons. The molecule has 0 spiro atoms. The van der Waals surface area contributed by atoms with Crippen molar-refractivity contribution in [1.82, 2.24) is 9.88 Å². The fourth-order valence-electron chi connectivity index (χ4n) is 4.57. The van der Waals surface area contributed by atoms with E-state index in [-0.39, 0.29) is 54.9 Å². The first-order valence-corrected chi connectivity index (χ1v) is 11.3. The average Bonchev–Trinajstić information content (AvgIpc) is 3.17. The second-order valence-electron chi connectivity index (χ2n) is 8.95. The zero-order chi connectivity index (χ0) is 24.0. The third-order valence-corrected chi connectivity index (χ3v) is 6.37. The van der Waals surface area contributed by atoms with Crippen LogP contribution in [-0.4, -0.2) is 64.8 Å². The number of nitrogens with zero attached hydrogens (tertiary/aromatic N) is 2. The fourth-order valence-corrected chi connectivity index (χ4v) is 4.57. The standard InChI is InChI=1S/C24H26FN3O6/c1-12-5-18-21(23(22(12)25)33-13(2)10-29)24(31)28-9-16(6-15(28)11-32-18)34-20-7-17-14(8-26-20)3-4-19(30)27-17/h5,7-8,13,15-16,29H,3-4,6,9-11H2,1-2H3,(H,27,30)/t13-,15+,16-/m0/s1. The second-order valence-corrected chi connectivity index (χ2v) is 8.95. The monoisotopic (exact) mass is 471 g/mol. The number of aromatic nitrogens is 1. The number of carbonyl (C=O) groups is 2. The molecule has 2 amide bonds. The van der Waals surface area contributed by atoms with E-state index in [0.717, 1.165) is 5.56 Å². The van der Waals surface area contributed by atoms with E-state index in [1.54, 1.807) is 31.0 Å². The number of halogens is 1.